The minimum atomic E-state index is -1.13. The molecule has 0 fully saturated rings. The lowest BCUT2D eigenvalue weighted by Gasteiger charge is -2.06. The van der Waals surface area contributed by atoms with Gasteiger partial charge in [0, 0.05) is 11.6 Å². The molecule has 1 heterocycles. The van der Waals surface area contributed by atoms with Crippen LogP contribution in [0.2, 0.25) is 0 Å². The van der Waals surface area contributed by atoms with Gasteiger partial charge in [0.25, 0.3) is 5.91 Å². The number of hydrogen-bond donors (Lipinski definition) is 2. The summed E-state index contributed by atoms with van der Waals surface area (Å²) in [4.78, 5) is 26.9. The number of thiazole rings is 1. The van der Waals surface area contributed by atoms with Crippen molar-refractivity contribution in [2.45, 2.75) is 6.92 Å². The maximum Gasteiger partial charge on any atom is 0.336 e. The normalized spacial score (nSPS) is 10.1. The van der Waals surface area contributed by atoms with Gasteiger partial charge in [-0.25, -0.2) is 9.78 Å². The van der Waals surface area contributed by atoms with E-state index in [1.807, 2.05) is 0 Å². The minimum absolute atomic E-state index is 0.0188. The van der Waals surface area contributed by atoms with Gasteiger partial charge in [-0.15, -0.1) is 11.3 Å². The molecule has 5 nitrogen and oxygen atoms in total. The molecule has 0 aliphatic heterocycles. The number of anilines is 1. The van der Waals surface area contributed by atoms with Crippen LogP contribution in [0, 0.1) is 6.92 Å². The van der Waals surface area contributed by atoms with Crippen LogP contribution in [0.25, 0.3) is 0 Å². The Kier molecular flexibility index (Phi) is 3.38. The molecule has 0 atom stereocenters. The van der Waals surface area contributed by atoms with Crippen molar-refractivity contribution in [2.24, 2.45) is 0 Å². The summed E-state index contributed by atoms with van der Waals surface area (Å²) in [5.74, 6) is -1.59. The molecule has 0 aliphatic carbocycles. The lowest BCUT2D eigenvalue weighted by atomic mass is 10.0. The van der Waals surface area contributed by atoms with Gasteiger partial charge >= 0.3 is 5.97 Å². The van der Waals surface area contributed by atoms with E-state index in [1.165, 1.54) is 17.4 Å². The van der Waals surface area contributed by atoms with Crippen LogP contribution < -0.4 is 5.32 Å². The molecule has 1 aromatic carbocycles. The smallest absolute Gasteiger partial charge is 0.336 e. The molecule has 0 spiro atoms. The van der Waals surface area contributed by atoms with E-state index >= 15 is 0 Å². The van der Waals surface area contributed by atoms with Crippen LogP contribution in [0.1, 0.15) is 26.3 Å². The SMILES string of the molecule is Cc1ccc(C(=O)O)c(C(=O)Nc2nccs2)c1. The quantitative estimate of drug-likeness (QED) is 0.890. The average molecular weight is 262 g/mol. The summed E-state index contributed by atoms with van der Waals surface area (Å²) < 4.78 is 0. The van der Waals surface area contributed by atoms with E-state index in [0.717, 1.165) is 5.56 Å². The number of carboxylic acids is 1. The third kappa shape index (κ3) is 2.54. The van der Waals surface area contributed by atoms with Gasteiger partial charge in [-0.3, -0.25) is 10.1 Å². The fourth-order valence-corrected chi connectivity index (χ4v) is 2.01. The number of amides is 1. The molecule has 2 aromatic rings. The molecule has 0 unspecified atom stereocenters. The van der Waals surface area contributed by atoms with Crippen LogP contribution in [-0.2, 0) is 0 Å². The maximum atomic E-state index is 12.0. The van der Waals surface area contributed by atoms with Gasteiger partial charge < -0.3 is 5.11 Å². The van der Waals surface area contributed by atoms with Crippen molar-refractivity contribution in [3.8, 4) is 0 Å². The number of aromatic nitrogens is 1. The lowest BCUT2D eigenvalue weighted by Crippen LogP contribution is -2.16. The molecule has 0 radical (unpaired) electrons. The lowest BCUT2D eigenvalue weighted by molar-refractivity contribution is 0.0692. The summed E-state index contributed by atoms with van der Waals surface area (Å²) in [6.07, 6.45) is 1.56. The first kappa shape index (κ1) is 12.3. The molecule has 1 aromatic heterocycles. The highest BCUT2D eigenvalue weighted by Crippen LogP contribution is 2.16. The number of nitrogens with zero attached hydrogens (tertiary/aromatic N) is 1. The van der Waals surface area contributed by atoms with Crippen LogP contribution >= 0.6 is 11.3 Å². The summed E-state index contributed by atoms with van der Waals surface area (Å²) in [6, 6.07) is 4.63. The fourth-order valence-electron chi connectivity index (χ4n) is 1.48. The Hall–Kier alpha value is -2.21. The van der Waals surface area contributed by atoms with Crippen LogP contribution in [0.4, 0.5) is 5.13 Å². The standard InChI is InChI=1S/C12H10N2O3S/c1-7-2-3-8(11(16)17)9(6-7)10(15)14-12-13-4-5-18-12/h2-6H,1H3,(H,16,17)(H,13,14,15). The summed E-state index contributed by atoms with van der Waals surface area (Å²) >= 11 is 1.27. The van der Waals surface area contributed by atoms with Crippen molar-refractivity contribution < 1.29 is 14.7 Å². The number of rotatable bonds is 3. The van der Waals surface area contributed by atoms with Gasteiger partial charge in [0.05, 0.1) is 11.1 Å². The van der Waals surface area contributed by atoms with Crippen LogP contribution in [-0.4, -0.2) is 22.0 Å². The molecule has 0 saturated heterocycles. The monoisotopic (exact) mass is 262 g/mol. The van der Waals surface area contributed by atoms with Gasteiger partial charge in [-0.1, -0.05) is 11.6 Å². The van der Waals surface area contributed by atoms with Gasteiger partial charge in [0.2, 0.25) is 0 Å². The highest BCUT2D eigenvalue weighted by Gasteiger charge is 2.17. The Bertz CT molecular complexity index is 593. The van der Waals surface area contributed by atoms with Crippen molar-refractivity contribution in [3.05, 3.63) is 46.5 Å². The highest BCUT2D eigenvalue weighted by atomic mass is 32.1. The molecule has 2 N–H and O–H groups in total. The van der Waals surface area contributed by atoms with Gasteiger partial charge in [-0.2, -0.15) is 0 Å². The molecule has 18 heavy (non-hydrogen) atoms. The second-order valence-electron chi connectivity index (χ2n) is 3.65. The Balaban J connectivity index is 2.34. The van der Waals surface area contributed by atoms with Crippen molar-refractivity contribution in [1.82, 2.24) is 4.98 Å². The Labute approximate surface area is 107 Å². The van der Waals surface area contributed by atoms with E-state index in [0.29, 0.717) is 5.13 Å². The molecule has 0 saturated carbocycles. The second kappa shape index (κ2) is 4.97. The van der Waals surface area contributed by atoms with Crippen molar-refractivity contribution in [2.75, 3.05) is 5.32 Å². The van der Waals surface area contributed by atoms with Crippen LogP contribution in [0.5, 0.6) is 0 Å². The highest BCUT2D eigenvalue weighted by molar-refractivity contribution is 7.13. The Morgan fingerprint density at radius 3 is 2.72 bits per heavy atom. The number of carbonyl (C=O) groups excluding carboxylic acids is 1. The molecule has 6 heteroatoms. The molecule has 0 bridgehead atoms. The molecule has 1 amide bonds. The molecule has 0 aliphatic rings. The molecular formula is C12H10N2O3S. The minimum Gasteiger partial charge on any atom is -0.478 e. The maximum absolute atomic E-state index is 12.0. The zero-order valence-electron chi connectivity index (χ0n) is 9.51. The number of aromatic carboxylic acids is 1. The summed E-state index contributed by atoms with van der Waals surface area (Å²) in [7, 11) is 0. The first-order chi connectivity index (χ1) is 8.58. The second-order valence-corrected chi connectivity index (χ2v) is 4.54. The van der Waals surface area contributed by atoms with Gasteiger partial charge in [0.1, 0.15) is 0 Å². The Morgan fingerprint density at radius 1 is 1.33 bits per heavy atom. The molecule has 2 rings (SSSR count). The molecule has 92 valence electrons. The van der Waals surface area contributed by atoms with Crippen molar-refractivity contribution in [3.63, 3.8) is 0 Å². The van der Waals surface area contributed by atoms with Crippen molar-refractivity contribution >= 4 is 28.3 Å². The van der Waals surface area contributed by atoms with E-state index in [-0.39, 0.29) is 11.1 Å². The van der Waals surface area contributed by atoms with Gasteiger partial charge in [0.15, 0.2) is 5.13 Å². The first-order valence-corrected chi connectivity index (χ1v) is 6.00. The topological polar surface area (TPSA) is 79.3 Å². The summed E-state index contributed by atoms with van der Waals surface area (Å²) in [6.45, 7) is 1.80. The number of carboxylic acid groups (broad SMARTS) is 1. The number of hydrogen-bond acceptors (Lipinski definition) is 4. The van der Waals surface area contributed by atoms with Crippen molar-refractivity contribution in [1.29, 1.82) is 0 Å². The van der Waals surface area contributed by atoms with E-state index in [2.05, 4.69) is 10.3 Å². The van der Waals surface area contributed by atoms with E-state index in [4.69, 9.17) is 5.11 Å². The average Bonchev–Trinajstić information content (AvgIpc) is 2.81. The van der Waals surface area contributed by atoms with Crippen LogP contribution in [0.3, 0.4) is 0 Å². The first-order valence-electron chi connectivity index (χ1n) is 5.12. The predicted octanol–water partition coefficient (Wildman–Crippen LogP) is 2.40. The summed E-state index contributed by atoms with van der Waals surface area (Å²) in [5, 5.41) is 13.8. The van der Waals surface area contributed by atoms with E-state index < -0.39 is 11.9 Å². The largest absolute Gasteiger partial charge is 0.478 e. The zero-order chi connectivity index (χ0) is 13.1. The summed E-state index contributed by atoms with van der Waals surface area (Å²) in [5.41, 5.74) is 0.941. The number of carbonyl (C=O) groups is 2. The third-order valence-corrected chi connectivity index (χ3v) is 2.99. The zero-order valence-corrected chi connectivity index (χ0v) is 10.3. The molecular weight excluding hydrogens is 252 g/mol. The van der Waals surface area contributed by atoms with E-state index in [9.17, 15) is 9.59 Å². The fraction of sp³-hybridized carbons (Fsp3) is 0.0833. The number of nitrogens with one attached hydrogen (secondary N) is 1. The van der Waals surface area contributed by atoms with Crippen LogP contribution in [0.15, 0.2) is 29.8 Å². The number of benzene rings is 1. The number of aryl methyl sites for hydroxylation is 1. The van der Waals surface area contributed by atoms with Gasteiger partial charge in [-0.05, 0) is 19.1 Å². The Morgan fingerprint density at radius 2 is 2.11 bits per heavy atom. The van der Waals surface area contributed by atoms with E-state index in [1.54, 1.807) is 30.6 Å². The third-order valence-electron chi connectivity index (χ3n) is 2.30. The predicted molar refractivity (Wildman–Crippen MR) is 68.2 cm³/mol.